The Kier molecular flexibility index (Phi) is 7.35. The Morgan fingerprint density at radius 3 is 1.96 bits per heavy atom. The van der Waals surface area contributed by atoms with Crippen LogP contribution in [0, 0.1) is 35.5 Å². The van der Waals surface area contributed by atoms with E-state index in [0.717, 1.165) is 30.6 Å². The molecule has 2 unspecified atom stereocenters. The lowest BCUT2D eigenvalue weighted by atomic mass is 9.67. The highest BCUT2D eigenvalue weighted by molar-refractivity contribution is 6.02. The summed E-state index contributed by atoms with van der Waals surface area (Å²) in [6.45, 7) is 4.45. The zero-order chi connectivity index (χ0) is 18.5. The summed E-state index contributed by atoms with van der Waals surface area (Å²) in [5.41, 5.74) is 0. The molecule has 0 amide bonds. The third kappa shape index (κ3) is 5.20. The molecule has 0 radical (unpaired) electrons. The molecule has 3 aliphatic rings. The largest absolute Gasteiger partial charge is 0.299 e. The third-order valence-electron chi connectivity index (χ3n) is 7.91. The van der Waals surface area contributed by atoms with Crippen molar-refractivity contribution in [2.24, 2.45) is 35.5 Å². The van der Waals surface area contributed by atoms with Gasteiger partial charge in [0.05, 0.1) is 5.92 Å². The number of carbonyl (C=O) groups is 2. The minimum Gasteiger partial charge on any atom is -0.299 e. The van der Waals surface area contributed by atoms with Crippen LogP contribution in [0.1, 0.15) is 104 Å². The van der Waals surface area contributed by atoms with Gasteiger partial charge in [0.25, 0.3) is 0 Å². The van der Waals surface area contributed by atoms with E-state index in [1.54, 1.807) is 0 Å². The Labute approximate surface area is 160 Å². The summed E-state index contributed by atoms with van der Waals surface area (Å²) in [4.78, 5) is 24.8. The highest BCUT2D eigenvalue weighted by Gasteiger charge is 2.35. The maximum atomic E-state index is 12.6. The Bertz CT molecular complexity index is 467. The van der Waals surface area contributed by atoms with E-state index in [-0.39, 0.29) is 17.5 Å². The van der Waals surface area contributed by atoms with Crippen LogP contribution in [0.3, 0.4) is 0 Å². The summed E-state index contributed by atoms with van der Waals surface area (Å²) in [7, 11) is 0. The second-order valence-electron chi connectivity index (χ2n) is 9.93. The van der Waals surface area contributed by atoms with Crippen molar-refractivity contribution in [3.63, 3.8) is 0 Å². The van der Waals surface area contributed by atoms with Gasteiger partial charge >= 0.3 is 0 Å². The lowest BCUT2D eigenvalue weighted by Crippen LogP contribution is -2.32. The van der Waals surface area contributed by atoms with Crippen LogP contribution in [-0.4, -0.2) is 11.6 Å². The average molecular weight is 361 g/mol. The van der Waals surface area contributed by atoms with E-state index < -0.39 is 0 Å². The van der Waals surface area contributed by atoms with Crippen LogP contribution in [-0.2, 0) is 9.59 Å². The zero-order valence-electron chi connectivity index (χ0n) is 17.2. The number of carbonyl (C=O) groups excluding carboxylic acids is 2. The summed E-state index contributed by atoms with van der Waals surface area (Å²) in [5.74, 6) is 4.16. The predicted octanol–water partition coefficient (Wildman–Crippen LogP) is 6.36. The molecule has 0 N–H and O–H groups in total. The minimum atomic E-state index is -0.252. The van der Waals surface area contributed by atoms with Gasteiger partial charge in [-0.3, -0.25) is 9.59 Å². The number of hydrogen-bond donors (Lipinski definition) is 0. The number of rotatable bonds is 6. The topological polar surface area (TPSA) is 34.1 Å². The van der Waals surface area contributed by atoms with Crippen molar-refractivity contribution in [2.75, 3.05) is 0 Å². The third-order valence-corrected chi connectivity index (χ3v) is 7.91. The fourth-order valence-electron chi connectivity index (χ4n) is 6.19. The fraction of sp³-hybridized carbons (Fsp3) is 0.917. The molecule has 2 nitrogen and oxygen atoms in total. The molecule has 0 spiro atoms. The van der Waals surface area contributed by atoms with Gasteiger partial charge in [0, 0.05) is 12.8 Å². The van der Waals surface area contributed by atoms with Gasteiger partial charge < -0.3 is 0 Å². The highest BCUT2D eigenvalue weighted by atomic mass is 16.1. The molecule has 3 aliphatic carbocycles. The van der Waals surface area contributed by atoms with Crippen molar-refractivity contribution < 1.29 is 9.59 Å². The van der Waals surface area contributed by atoms with E-state index in [1.165, 1.54) is 64.2 Å². The molecule has 0 heterocycles. The molecule has 3 rings (SSSR count). The Balaban J connectivity index is 1.39. The van der Waals surface area contributed by atoms with Crippen LogP contribution >= 0.6 is 0 Å². The maximum Gasteiger partial charge on any atom is 0.143 e. The first-order chi connectivity index (χ1) is 12.6. The molecule has 3 saturated carbocycles. The van der Waals surface area contributed by atoms with Crippen LogP contribution in [0.2, 0.25) is 0 Å². The predicted molar refractivity (Wildman–Crippen MR) is 107 cm³/mol. The van der Waals surface area contributed by atoms with E-state index >= 15 is 0 Å². The second-order valence-corrected chi connectivity index (χ2v) is 9.93. The monoisotopic (exact) mass is 360 g/mol. The quantitative estimate of drug-likeness (QED) is 0.516. The van der Waals surface area contributed by atoms with Crippen LogP contribution < -0.4 is 0 Å². The van der Waals surface area contributed by atoms with Crippen molar-refractivity contribution in [3.8, 4) is 0 Å². The molecule has 0 bridgehead atoms. The van der Waals surface area contributed by atoms with Gasteiger partial charge in [0.15, 0.2) is 0 Å². The smallest absolute Gasteiger partial charge is 0.143 e. The van der Waals surface area contributed by atoms with Gasteiger partial charge in [-0.05, 0) is 81.0 Å². The van der Waals surface area contributed by atoms with E-state index in [1.807, 2.05) is 0 Å². The molecule has 26 heavy (non-hydrogen) atoms. The molecule has 0 aromatic heterocycles. The van der Waals surface area contributed by atoms with Crippen molar-refractivity contribution in [1.29, 1.82) is 0 Å². The van der Waals surface area contributed by atoms with Crippen LogP contribution in [0.4, 0.5) is 0 Å². The van der Waals surface area contributed by atoms with Crippen LogP contribution in [0.5, 0.6) is 0 Å². The SMILES string of the molecule is CCCC1CCC(C2CCC(CC(=O)C3CCC(C)CC3=O)CC2)CC1. The summed E-state index contributed by atoms with van der Waals surface area (Å²) in [6.07, 6.45) is 16.9. The van der Waals surface area contributed by atoms with Crippen molar-refractivity contribution >= 4 is 11.6 Å². The van der Waals surface area contributed by atoms with Gasteiger partial charge in [-0.25, -0.2) is 0 Å². The number of ketones is 2. The van der Waals surface area contributed by atoms with Gasteiger partial charge in [-0.2, -0.15) is 0 Å². The lowest BCUT2D eigenvalue weighted by molar-refractivity contribution is -0.135. The lowest BCUT2D eigenvalue weighted by Gasteiger charge is -2.38. The molecule has 0 aromatic carbocycles. The van der Waals surface area contributed by atoms with Crippen molar-refractivity contribution in [1.82, 2.24) is 0 Å². The molecule has 0 saturated heterocycles. The Hall–Kier alpha value is -0.660. The van der Waals surface area contributed by atoms with E-state index in [9.17, 15) is 9.59 Å². The average Bonchev–Trinajstić information content (AvgIpc) is 2.63. The summed E-state index contributed by atoms with van der Waals surface area (Å²) in [5, 5.41) is 0. The van der Waals surface area contributed by atoms with E-state index in [0.29, 0.717) is 24.7 Å². The Morgan fingerprint density at radius 2 is 1.42 bits per heavy atom. The number of hydrogen-bond acceptors (Lipinski definition) is 2. The molecule has 148 valence electrons. The van der Waals surface area contributed by atoms with E-state index in [2.05, 4.69) is 13.8 Å². The molecular weight excluding hydrogens is 320 g/mol. The molecule has 2 heteroatoms. The normalized spacial score (nSPS) is 38.9. The van der Waals surface area contributed by atoms with Gasteiger partial charge in [0.2, 0.25) is 0 Å². The van der Waals surface area contributed by atoms with Crippen LogP contribution in [0.25, 0.3) is 0 Å². The fourth-order valence-corrected chi connectivity index (χ4v) is 6.19. The van der Waals surface area contributed by atoms with Gasteiger partial charge in [0.1, 0.15) is 11.6 Å². The summed E-state index contributed by atoms with van der Waals surface area (Å²) >= 11 is 0. The second kappa shape index (κ2) is 9.51. The Morgan fingerprint density at radius 1 is 0.846 bits per heavy atom. The minimum absolute atomic E-state index is 0.228. The first-order valence-electron chi connectivity index (χ1n) is 11.6. The van der Waals surface area contributed by atoms with E-state index in [4.69, 9.17) is 0 Å². The summed E-state index contributed by atoms with van der Waals surface area (Å²) in [6, 6.07) is 0. The molecule has 0 aromatic rings. The molecule has 2 atom stereocenters. The molecular formula is C24H40O2. The van der Waals surface area contributed by atoms with Crippen molar-refractivity contribution in [3.05, 3.63) is 0 Å². The van der Waals surface area contributed by atoms with Crippen molar-refractivity contribution in [2.45, 2.75) is 104 Å². The standard InChI is InChI=1S/C24H40O2/c1-3-4-18-6-10-20(11-7-18)21-12-8-19(9-13-21)16-24(26)22-14-5-17(2)15-23(22)25/h17-22H,3-16H2,1-2H3. The van der Waals surface area contributed by atoms with Gasteiger partial charge in [-0.15, -0.1) is 0 Å². The first kappa shape index (κ1) is 20.1. The number of Topliss-reactive ketones (excluding diaryl/α,β-unsaturated/α-hetero) is 2. The summed E-state index contributed by atoms with van der Waals surface area (Å²) < 4.78 is 0. The van der Waals surface area contributed by atoms with Gasteiger partial charge in [-0.1, -0.05) is 39.5 Å². The highest BCUT2D eigenvalue weighted by Crippen LogP contribution is 2.43. The molecule has 0 aliphatic heterocycles. The molecule has 3 fully saturated rings. The maximum absolute atomic E-state index is 12.6. The zero-order valence-corrected chi connectivity index (χ0v) is 17.2. The van der Waals surface area contributed by atoms with Crippen LogP contribution in [0.15, 0.2) is 0 Å². The first-order valence-corrected chi connectivity index (χ1v) is 11.6.